The topological polar surface area (TPSA) is 91.3 Å². The SMILES string of the molecule is CCOc1cc(CN(C)C(=O)c2ccc(C[C@@H]3CC[C@H]([C@H](O)c4ccc(Cl)nc4)C3)cc2)[nH]n1. The van der Waals surface area contributed by atoms with E-state index in [1.54, 1.807) is 24.2 Å². The molecule has 2 heterocycles. The largest absolute Gasteiger partial charge is 0.477 e. The van der Waals surface area contributed by atoms with Crippen molar-refractivity contribution in [3.8, 4) is 5.88 Å². The van der Waals surface area contributed by atoms with Crippen molar-refractivity contribution in [2.75, 3.05) is 13.7 Å². The van der Waals surface area contributed by atoms with Gasteiger partial charge in [0.05, 0.1) is 24.9 Å². The predicted molar refractivity (Wildman–Crippen MR) is 131 cm³/mol. The number of pyridine rings is 1. The Labute approximate surface area is 205 Å². The van der Waals surface area contributed by atoms with E-state index < -0.39 is 6.10 Å². The van der Waals surface area contributed by atoms with Gasteiger partial charge in [0, 0.05) is 24.9 Å². The van der Waals surface area contributed by atoms with Crippen molar-refractivity contribution in [1.82, 2.24) is 20.1 Å². The molecule has 3 aromatic rings. The van der Waals surface area contributed by atoms with Crippen LogP contribution in [-0.2, 0) is 13.0 Å². The number of aromatic nitrogens is 3. The van der Waals surface area contributed by atoms with Gasteiger partial charge in [0.25, 0.3) is 5.91 Å². The fourth-order valence-electron chi connectivity index (χ4n) is 4.73. The van der Waals surface area contributed by atoms with Gasteiger partial charge >= 0.3 is 0 Å². The van der Waals surface area contributed by atoms with Crippen LogP contribution in [0.3, 0.4) is 0 Å². The Morgan fingerprint density at radius 3 is 2.76 bits per heavy atom. The molecule has 2 N–H and O–H groups in total. The molecule has 34 heavy (non-hydrogen) atoms. The van der Waals surface area contributed by atoms with Gasteiger partial charge in [-0.25, -0.2) is 4.98 Å². The van der Waals surface area contributed by atoms with Gasteiger partial charge in [-0.3, -0.25) is 9.89 Å². The zero-order chi connectivity index (χ0) is 24.1. The number of H-pyrrole nitrogens is 1. The summed E-state index contributed by atoms with van der Waals surface area (Å²) >= 11 is 5.86. The highest BCUT2D eigenvalue weighted by atomic mass is 35.5. The number of aliphatic hydroxyl groups is 1. The minimum Gasteiger partial charge on any atom is -0.477 e. The number of rotatable bonds is 9. The molecule has 0 aliphatic heterocycles. The summed E-state index contributed by atoms with van der Waals surface area (Å²) in [7, 11) is 1.78. The van der Waals surface area contributed by atoms with Crippen LogP contribution in [0.1, 0.15) is 59.5 Å². The molecule has 1 aromatic carbocycles. The summed E-state index contributed by atoms with van der Waals surface area (Å²) in [5, 5.41) is 18.2. The number of amides is 1. The number of hydrogen-bond acceptors (Lipinski definition) is 5. The molecule has 1 fully saturated rings. The van der Waals surface area contributed by atoms with Gasteiger partial charge in [0.2, 0.25) is 5.88 Å². The lowest BCUT2D eigenvalue weighted by Gasteiger charge is -2.19. The van der Waals surface area contributed by atoms with Crippen LogP contribution in [0.25, 0.3) is 0 Å². The maximum absolute atomic E-state index is 12.8. The van der Waals surface area contributed by atoms with Crippen molar-refractivity contribution >= 4 is 17.5 Å². The molecule has 0 bridgehead atoms. The number of hydrogen-bond donors (Lipinski definition) is 2. The molecule has 0 saturated heterocycles. The summed E-state index contributed by atoms with van der Waals surface area (Å²) in [4.78, 5) is 18.6. The maximum atomic E-state index is 12.8. The molecule has 1 saturated carbocycles. The van der Waals surface area contributed by atoms with Crippen LogP contribution < -0.4 is 4.74 Å². The summed E-state index contributed by atoms with van der Waals surface area (Å²) in [6, 6.07) is 13.3. The second kappa shape index (κ2) is 11.0. The summed E-state index contributed by atoms with van der Waals surface area (Å²) < 4.78 is 5.36. The number of benzene rings is 1. The van der Waals surface area contributed by atoms with E-state index in [0.717, 1.165) is 36.9 Å². The van der Waals surface area contributed by atoms with Crippen LogP contribution in [0, 0.1) is 11.8 Å². The minimum absolute atomic E-state index is 0.0419. The molecule has 1 amide bonds. The van der Waals surface area contributed by atoms with Gasteiger partial charge in [-0.1, -0.05) is 29.8 Å². The fourth-order valence-corrected chi connectivity index (χ4v) is 4.84. The molecule has 0 unspecified atom stereocenters. The smallest absolute Gasteiger partial charge is 0.253 e. The Bertz CT molecular complexity index is 1080. The van der Waals surface area contributed by atoms with Crippen molar-refractivity contribution in [2.45, 2.75) is 45.3 Å². The molecule has 1 aliphatic carbocycles. The number of halogens is 1. The molecule has 1 aliphatic rings. The van der Waals surface area contributed by atoms with E-state index in [1.165, 1.54) is 5.56 Å². The first-order chi connectivity index (χ1) is 16.4. The van der Waals surface area contributed by atoms with E-state index in [0.29, 0.717) is 35.7 Å². The van der Waals surface area contributed by atoms with Gasteiger partial charge in [0.1, 0.15) is 5.15 Å². The lowest BCUT2D eigenvalue weighted by atomic mass is 9.92. The van der Waals surface area contributed by atoms with E-state index in [9.17, 15) is 9.90 Å². The molecule has 0 spiro atoms. The first-order valence-corrected chi connectivity index (χ1v) is 12.1. The average Bonchev–Trinajstić information content (AvgIpc) is 3.49. The van der Waals surface area contributed by atoms with Crippen molar-refractivity contribution < 1.29 is 14.6 Å². The number of carbonyl (C=O) groups is 1. The van der Waals surface area contributed by atoms with Crippen molar-refractivity contribution in [2.24, 2.45) is 11.8 Å². The van der Waals surface area contributed by atoms with Gasteiger partial charge in [-0.05, 0) is 73.8 Å². The molecule has 8 heteroatoms. The highest BCUT2D eigenvalue weighted by Gasteiger charge is 2.31. The monoisotopic (exact) mass is 482 g/mol. The van der Waals surface area contributed by atoms with E-state index in [4.69, 9.17) is 16.3 Å². The Morgan fingerprint density at radius 2 is 2.06 bits per heavy atom. The predicted octanol–water partition coefficient (Wildman–Crippen LogP) is 4.82. The van der Waals surface area contributed by atoms with E-state index >= 15 is 0 Å². The highest BCUT2D eigenvalue weighted by Crippen LogP contribution is 2.40. The molecule has 7 nitrogen and oxygen atoms in total. The van der Waals surface area contributed by atoms with Crippen LogP contribution in [0.4, 0.5) is 0 Å². The number of ether oxygens (including phenoxy) is 1. The molecule has 3 atom stereocenters. The lowest BCUT2D eigenvalue weighted by Crippen LogP contribution is -2.26. The van der Waals surface area contributed by atoms with Gasteiger partial charge in [-0.2, -0.15) is 0 Å². The van der Waals surface area contributed by atoms with Crippen LogP contribution in [-0.4, -0.2) is 44.7 Å². The quantitative estimate of drug-likeness (QED) is 0.426. The highest BCUT2D eigenvalue weighted by molar-refractivity contribution is 6.29. The maximum Gasteiger partial charge on any atom is 0.253 e. The van der Waals surface area contributed by atoms with Gasteiger partial charge in [-0.15, -0.1) is 5.10 Å². The van der Waals surface area contributed by atoms with Gasteiger partial charge in [0.15, 0.2) is 0 Å². The normalized spacial score (nSPS) is 18.6. The Hall–Kier alpha value is -2.90. The third-order valence-electron chi connectivity index (χ3n) is 6.50. The fraction of sp³-hybridized carbons (Fsp3) is 0.423. The van der Waals surface area contributed by atoms with E-state index in [2.05, 4.69) is 15.2 Å². The van der Waals surface area contributed by atoms with Crippen molar-refractivity contribution in [1.29, 1.82) is 0 Å². The second-order valence-electron chi connectivity index (χ2n) is 9.02. The lowest BCUT2D eigenvalue weighted by molar-refractivity contribution is 0.0783. The zero-order valence-corrected chi connectivity index (χ0v) is 20.3. The molecule has 0 radical (unpaired) electrons. The molecule has 180 valence electrons. The summed E-state index contributed by atoms with van der Waals surface area (Å²) in [5.41, 5.74) is 3.52. The standard InChI is InChI=1S/C26H31ClN4O3/c1-3-34-24-14-22(29-30-24)16-31(2)26(33)19-7-4-17(5-8-19)12-18-6-9-20(13-18)25(32)21-10-11-23(27)28-15-21/h4-5,7-8,10-11,14-15,18,20,25,32H,3,6,9,12-13,16H2,1-2H3,(H,29,30)/t18-,20-,25-/m0/s1. The first-order valence-electron chi connectivity index (χ1n) is 11.7. The van der Waals surface area contributed by atoms with Crippen molar-refractivity contribution in [3.63, 3.8) is 0 Å². The summed E-state index contributed by atoms with van der Waals surface area (Å²) in [6.07, 6.45) is 5.15. The number of nitrogens with one attached hydrogen (secondary N) is 1. The number of carbonyl (C=O) groups excluding carboxylic acids is 1. The van der Waals surface area contributed by atoms with E-state index in [-0.39, 0.29) is 11.8 Å². The first kappa shape index (κ1) is 24.2. The van der Waals surface area contributed by atoms with Crippen LogP contribution in [0.5, 0.6) is 5.88 Å². The number of nitrogens with zero attached hydrogens (tertiary/aromatic N) is 3. The molecular weight excluding hydrogens is 452 g/mol. The molecule has 2 aromatic heterocycles. The second-order valence-corrected chi connectivity index (χ2v) is 9.41. The average molecular weight is 483 g/mol. The van der Waals surface area contributed by atoms with Crippen LogP contribution >= 0.6 is 11.6 Å². The van der Waals surface area contributed by atoms with Crippen LogP contribution in [0.2, 0.25) is 5.15 Å². The third-order valence-corrected chi connectivity index (χ3v) is 6.72. The summed E-state index contributed by atoms with van der Waals surface area (Å²) in [6.45, 7) is 2.88. The molecule has 4 rings (SSSR count). The third kappa shape index (κ3) is 5.96. The number of aliphatic hydroxyl groups excluding tert-OH is 1. The van der Waals surface area contributed by atoms with E-state index in [1.807, 2.05) is 43.3 Å². The zero-order valence-electron chi connectivity index (χ0n) is 19.6. The Balaban J connectivity index is 1.29. The Kier molecular flexibility index (Phi) is 7.85. The molecular formula is C26H31ClN4O3. The minimum atomic E-state index is -0.509. The summed E-state index contributed by atoms with van der Waals surface area (Å²) in [5.74, 6) is 1.24. The Morgan fingerprint density at radius 1 is 1.26 bits per heavy atom. The van der Waals surface area contributed by atoms with Crippen molar-refractivity contribution in [3.05, 3.63) is 76.2 Å². The number of aromatic amines is 1. The van der Waals surface area contributed by atoms with Crippen LogP contribution in [0.15, 0.2) is 48.7 Å². The van der Waals surface area contributed by atoms with Gasteiger partial charge < -0.3 is 14.7 Å².